The van der Waals surface area contributed by atoms with E-state index in [2.05, 4.69) is 10.6 Å². The van der Waals surface area contributed by atoms with E-state index in [9.17, 15) is 14.4 Å². The second-order valence-corrected chi connectivity index (χ2v) is 5.69. The number of carboxylic acids is 1. The molecule has 0 aliphatic carbocycles. The molecule has 0 radical (unpaired) electrons. The fourth-order valence-electron chi connectivity index (χ4n) is 2.15. The van der Waals surface area contributed by atoms with Crippen LogP contribution in [0.3, 0.4) is 0 Å². The van der Waals surface area contributed by atoms with Gasteiger partial charge in [0.05, 0.1) is 6.42 Å². The molecule has 0 saturated heterocycles. The number of carbonyl (C=O) groups is 3. The van der Waals surface area contributed by atoms with Gasteiger partial charge in [0.2, 0.25) is 0 Å². The van der Waals surface area contributed by atoms with Crippen molar-refractivity contribution < 1.29 is 19.5 Å². The minimum Gasteiger partial charge on any atom is -0.481 e. The second-order valence-electron chi connectivity index (χ2n) is 5.69. The van der Waals surface area contributed by atoms with Crippen LogP contribution < -0.4 is 10.6 Å². The van der Waals surface area contributed by atoms with E-state index in [0.717, 1.165) is 11.1 Å². The molecule has 0 bridgehead atoms. The Morgan fingerprint density at radius 2 is 1.65 bits per heavy atom. The van der Waals surface area contributed by atoms with Crippen molar-refractivity contribution in [1.82, 2.24) is 10.6 Å². The van der Waals surface area contributed by atoms with Gasteiger partial charge in [-0.3, -0.25) is 14.4 Å². The highest BCUT2D eigenvalue weighted by molar-refractivity contribution is 6.05. The van der Waals surface area contributed by atoms with E-state index in [1.54, 1.807) is 30.3 Å². The molecule has 0 heterocycles. The zero-order chi connectivity index (χ0) is 18.9. The van der Waals surface area contributed by atoms with Gasteiger partial charge < -0.3 is 15.7 Å². The molecule has 6 nitrogen and oxygen atoms in total. The summed E-state index contributed by atoms with van der Waals surface area (Å²) < 4.78 is 0. The molecule has 3 N–H and O–H groups in total. The Morgan fingerprint density at radius 1 is 1.00 bits per heavy atom. The summed E-state index contributed by atoms with van der Waals surface area (Å²) in [4.78, 5) is 35.4. The molecular weight excluding hydrogens is 332 g/mol. The van der Waals surface area contributed by atoms with Crippen LogP contribution in [0, 0.1) is 6.92 Å². The number of aryl methyl sites for hydroxylation is 1. The first-order chi connectivity index (χ1) is 12.5. The molecular formula is C20H20N2O4. The fourth-order valence-corrected chi connectivity index (χ4v) is 2.15. The summed E-state index contributed by atoms with van der Waals surface area (Å²) in [6, 6.07) is 16.0. The molecule has 0 aliphatic heterocycles. The van der Waals surface area contributed by atoms with Gasteiger partial charge in [0.15, 0.2) is 0 Å². The Morgan fingerprint density at radius 3 is 2.27 bits per heavy atom. The molecule has 0 unspecified atom stereocenters. The van der Waals surface area contributed by atoms with Crippen LogP contribution in [0.15, 0.2) is 60.3 Å². The zero-order valence-electron chi connectivity index (χ0n) is 14.4. The third-order valence-corrected chi connectivity index (χ3v) is 3.54. The van der Waals surface area contributed by atoms with Gasteiger partial charge in [-0.1, -0.05) is 48.0 Å². The largest absolute Gasteiger partial charge is 0.481 e. The fraction of sp³-hybridized carbons (Fsp3) is 0.150. The van der Waals surface area contributed by atoms with Gasteiger partial charge in [0.1, 0.15) is 5.70 Å². The molecule has 134 valence electrons. The number of amides is 2. The Kier molecular flexibility index (Phi) is 6.68. The molecule has 26 heavy (non-hydrogen) atoms. The summed E-state index contributed by atoms with van der Waals surface area (Å²) in [5, 5.41) is 13.8. The van der Waals surface area contributed by atoms with Gasteiger partial charge in [-0.25, -0.2) is 0 Å². The average molecular weight is 352 g/mol. The number of hydrogen-bond acceptors (Lipinski definition) is 3. The Hall–Kier alpha value is -3.41. The van der Waals surface area contributed by atoms with E-state index in [-0.39, 0.29) is 18.7 Å². The third kappa shape index (κ3) is 5.90. The minimum absolute atomic E-state index is 0.0271. The molecule has 2 aromatic carbocycles. The van der Waals surface area contributed by atoms with Crippen molar-refractivity contribution >= 4 is 23.9 Å². The number of aliphatic carboxylic acids is 1. The van der Waals surface area contributed by atoms with Crippen LogP contribution in [0.1, 0.15) is 27.9 Å². The standard InChI is InChI=1S/C20H20N2O4/c1-14-7-9-16(10-8-14)19(25)22-17(13-15-5-3-2-4-6-15)20(26)21-12-11-18(23)24/h2-10,13H,11-12H2,1H3,(H,21,26)(H,22,25)(H,23,24)/b17-13+. The highest BCUT2D eigenvalue weighted by atomic mass is 16.4. The summed E-state index contributed by atoms with van der Waals surface area (Å²) in [6.45, 7) is 1.89. The van der Waals surface area contributed by atoms with Gasteiger partial charge in [-0.05, 0) is 30.7 Å². The van der Waals surface area contributed by atoms with Crippen molar-refractivity contribution in [3.63, 3.8) is 0 Å². The van der Waals surface area contributed by atoms with Crippen LogP contribution in [0.25, 0.3) is 6.08 Å². The van der Waals surface area contributed by atoms with Crippen molar-refractivity contribution in [2.24, 2.45) is 0 Å². The predicted octanol–water partition coefficient (Wildman–Crippen LogP) is 2.36. The zero-order valence-corrected chi connectivity index (χ0v) is 14.4. The number of carbonyl (C=O) groups excluding carboxylic acids is 2. The lowest BCUT2D eigenvalue weighted by Gasteiger charge is -2.11. The average Bonchev–Trinajstić information content (AvgIpc) is 2.62. The lowest BCUT2D eigenvalue weighted by Crippen LogP contribution is -2.35. The van der Waals surface area contributed by atoms with Crippen molar-refractivity contribution in [3.8, 4) is 0 Å². The van der Waals surface area contributed by atoms with Crippen LogP contribution >= 0.6 is 0 Å². The number of nitrogens with one attached hydrogen (secondary N) is 2. The van der Waals surface area contributed by atoms with Crippen LogP contribution in [0.2, 0.25) is 0 Å². The number of hydrogen-bond donors (Lipinski definition) is 3. The summed E-state index contributed by atoms with van der Waals surface area (Å²) in [7, 11) is 0. The van der Waals surface area contributed by atoms with Crippen LogP contribution in [0.4, 0.5) is 0 Å². The quantitative estimate of drug-likeness (QED) is 0.667. The lowest BCUT2D eigenvalue weighted by molar-refractivity contribution is -0.136. The third-order valence-electron chi connectivity index (χ3n) is 3.54. The van der Waals surface area contributed by atoms with Gasteiger partial charge in [0, 0.05) is 12.1 Å². The van der Waals surface area contributed by atoms with Crippen molar-refractivity contribution in [2.75, 3.05) is 6.54 Å². The Labute approximate surface area is 151 Å². The molecule has 2 amide bonds. The number of rotatable bonds is 7. The van der Waals surface area contributed by atoms with Gasteiger partial charge >= 0.3 is 5.97 Å². The summed E-state index contributed by atoms with van der Waals surface area (Å²) in [5.41, 5.74) is 2.23. The van der Waals surface area contributed by atoms with E-state index in [1.807, 2.05) is 37.3 Å². The van der Waals surface area contributed by atoms with E-state index in [1.165, 1.54) is 0 Å². The lowest BCUT2D eigenvalue weighted by atomic mass is 10.1. The minimum atomic E-state index is -1.01. The van der Waals surface area contributed by atoms with Gasteiger partial charge in [-0.15, -0.1) is 0 Å². The molecule has 0 aliphatic rings. The molecule has 0 atom stereocenters. The predicted molar refractivity (Wildman–Crippen MR) is 98.3 cm³/mol. The first-order valence-electron chi connectivity index (χ1n) is 8.10. The van der Waals surface area contributed by atoms with Crippen molar-refractivity contribution in [3.05, 3.63) is 77.0 Å². The monoisotopic (exact) mass is 352 g/mol. The van der Waals surface area contributed by atoms with E-state index in [4.69, 9.17) is 5.11 Å². The number of benzene rings is 2. The molecule has 6 heteroatoms. The Bertz CT molecular complexity index is 811. The number of carboxylic acid groups (broad SMARTS) is 1. The summed E-state index contributed by atoms with van der Waals surface area (Å²) in [5.74, 6) is -1.97. The molecule has 2 rings (SSSR count). The molecule has 0 saturated carbocycles. The van der Waals surface area contributed by atoms with E-state index < -0.39 is 17.8 Å². The topological polar surface area (TPSA) is 95.5 Å². The first-order valence-corrected chi connectivity index (χ1v) is 8.10. The van der Waals surface area contributed by atoms with Gasteiger partial charge in [0.25, 0.3) is 11.8 Å². The molecule has 0 spiro atoms. The van der Waals surface area contributed by atoms with Crippen LogP contribution in [-0.4, -0.2) is 29.4 Å². The second kappa shape index (κ2) is 9.17. The van der Waals surface area contributed by atoms with Crippen molar-refractivity contribution in [1.29, 1.82) is 0 Å². The van der Waals surface area contributed by atoms with Crippen LogP contribution in [-0.2, 0) is 9.59 Å². The molecule has 0 fully saturated rings. The SMILES string of the molecule is Cc1ccc(C(=O)N/C(=C/c2ccccc2)C(=O)NCCC(=O)O)cc1. The highest BCUT2D eigenvalue weighted by Gasteiger charge is 2.14. The summed E-state index contributed by atoms with van der Waals surface area (Å²) in [6.07, 6.45) is 1.35. The molecule has 2 aromatic rings. The first kappa shape index (κ1) is 18.9. The maximum atomic E-state index is 12.4. The Balaban J connectivity index is 2.18. The van der Waals surface area contributed by atoms with Crippen LogP contribution in [0.5, 0.6) is 0 Å². The van der Waals surface area contributed by atoms with E-state index in [0.29, 0.717) is 5.56 Å². The molecule has 0 aromatic heterocycles. The maximum Gasteiger partial charge on any atom is 0.305 e. The van der Waals surface area contributed by atoms with Crippen molar-refractivity contribution in [2.45, 2.75) is 13.3 Å². The van der Waals surface area contributed by atoms with Gasteiger partial charge in [-0.2, -0.15) is 0 Å². The van der Waals surface area contributed by atoms with E-state index >= 15 is 0 Å². The highest BCUT2D eigenvalue weighted by Crippen LogP contribution is 2.08. The smallest absolute Gasteiger partial charge is 0.305 e. The maximum absolute atomic E-state index is 12.4. The summed E-state index contributed by atoms with van der Waals surface area (Å²) >= 11 is 0. The normalized spacial score (nSPS) is 10.9.